The third-order valence-electron chi connectivity index (χ3n) is 4.56. The molecule has 0 aliphatic rings. The first kappa shape index (κ1) is 19.1. The Morgan fingerprint density at radius 2 is 2.15 bits per heavy atom. The number of rotatable bonds is 7. The van der Waals surface area contributed by atoms with E-state index in [9.17, 15) is 9.59 Å². The van der Waals surface area contributed by atoms with Gasteiger partial charge in [-0.15, -0.1) is 11.3 Å². The zero-order valence-electron chi connectivity index (χ0n) is 15.7. The van der Waals surface area contributed by atoms with Gasteiger partial charge in [0.05, 0.1) is 12.5 Å². The van der Waals surface area contributed by atoms with E-state index in [2.05, 4.69) is 11.9 Å². The summed E-state index contributed by atoms with van der Waals surface area (Å²) >= 11 is 1.56. The van der Waals surface area contributed by atoms with Crippen molar-refractivity contribution in [2.75, 3.05) is 7.11 Å². The van der Waals surface area contributed by atoms with Gasteiger partial charge in [0, 0.05) is 23.4 Å². The SMILES string of the molecule is CCc1sc2nc(C)n(CCCC(N)=O)c(=O)c2c1-c1cccc(OC)c1. The fourth-order valence-corrected chi connectivity index (χ4v) is 4.41. The van der Waals surface area contributed by atoms with Gasteiger partial charge in [-0.2, -0.15) is 0 Å². The van der Waals surface area contributed by atoms with E-state index in [1.165, 1.54) is 0 Å². The van der Waals surface area contributed by atoms with Gasteiger partial charge in [-0.25, -0.2) is 4.98 Å². The molecule has 3 rings (SSSR count). The van der Waals surface area contributed by atoms with Crippen LogP contribution in [-0.2, 0) is 17.8 Å². The fraction of sp³-hybridized carbons (Fsp3) is 0.350. The van der Waals surface area contributed by atoms with Crippen molar-refractivity contribution in [2.45, 2.75) is 39.7 Å². The lowest BCUT2D eigenvalue weighted by Crippen LogP contribution is -2.24. The summed E-state index contributed by atoms with van der Waals surface area (Å²) < 4.78 is 6.99. The van der Waals surface area contributed by atoms with Gasteiger partial charge in [-0.05, 0) is 37.5 Å². The lowest BCUT2D eigenvalue weighted by molar-refractivity contribution is -0.118. The molecule has 3 aromatic rings. The first-order chi connectivity index (χ1) is 13.0. The second-order valence-electron chi connectivity index (χ2n) is 6.35. The lowest BCUT2D eigenvalue weighted by atomic mass is 10.0. The molecule has 6 nitrogen and oxygen atoms in total. The molecule has 27 heavy (non-hydrogen) atoms. The normalized spacial score (nSPS) is 11.1. The summed E-state index contributed by atoms with van der Waals surface area (Å²) in [5.41, 5.74) is 7.02. The number of hydrogen-bond donors (Lipinski definition) is 1. The molecule has 142 valence electrons. The van der Waals surface area contributed by atoms with Crippen molar-refractivity contribution in [1.29, 1.82) is 0 Å². The van der Waals surface area contributed by atoms with Gasteiger partial charge in [-0.1, -0.05) is 19.1 Å². The summed E-state index contributed by atoms with van der Waals surface area (Å²) in [6.45, 7) is 4.32. The van der Waals surface area contributed by atoms with Gasteiger partial charge in [0.25, 0.3) is 5.56 Å². The first-order valence-electron chi connectivity index (χ1n) is 8.91. The standard InChI is InChI=1S/C20H23N3O3S/c1-4-15-17(13-7-5-8-14(11-13)26-3)18-19(27-15)22-12(2)23(20(18)25)10-6-9-16(21)24/h5,7-8,11H,4,6,9-10H2,1-3H3,(H2,21,24). The van der Waals surface area contributed by atoms with Gasteiger partial charge in [0.1, 0.15) is 16.4 Å². The molecule has 0 saturated heterocycles. The molecule has 1 amide bonds. The maximum Gasteiger partial charge on any atom is 0.262 e. The number of hydrogen-bond acceptors (Lipinski definition) is 5. The van der Waals surface area contributed by atoms with Crippen molar-refractivity contribution >= 4 is 27.5 Å². The number of fused-ring (bicyclic) bond motifs is 1. The number of aromatic nitrogens is 2. The zero-order valence-corrected chi connectivity index (χ0v) is 16.6. The quantitative estimate of drug-likeness (QED) is 0.676. The highest BCUT2D eigenvalue weighted by Gasteiger charge is 2.20. The van der Waals surface area contributed by atoms with E-state index in [0.717, 1.165) is 33.0 Å². The topological polar surface area (TPSA) is 87.2 Å². The molecule has 2 heterocycles. The highest BCUT2D eigenvalue weighted by atomic mass is 32.1. The van der Waals surface area contributed by atoms with E-state index >= 15 is 0 Å². The van der Waals surface area contributed by atoms with Crippen molar-refractivity contribution in [3.63, 3.8) is 0 Å². The van der Waals surface area contributed by atoms with Gasteiger partial charge in [0.15, 0.2) is 0 Å². The molecule has 0 aliphatic heterocycles. The number of nitrogens with zero attached hydrogens (tertiary/aromatic N) is 2. The number of methoxy groups -OCH3 is 1. The third-order valence-corrected chi connectivity index (χ3v) is 5.79. The number of nitrogens with two attached hydrogens (primary N) is 1. The highest BCUT2D eigenvalue weighted by molar-refractivity contribution is 7.19. The van der Waals surface area contributed by atoms with Crippen LogP contribution in [0.15, 0.2) is 29.1 Å². The van der Waals surface area contributed by atoms with E-state index in [4.69, 9.17) is 10.5 Å². The molecular formula is C20H23N3O3S. The molecule has 1 aromatic carbocycles. The van der Waals surface area contributed by atoms with E-state index in [1.54, 1.807) is 23.0 Å². The maximum absolute atomic E-state index is 13.3. The molecule has 0 aliphatic carbocycles. The summed E-state index contributed by atoms with van der Waals surface area (Å²) in [6.07, 6.45) is 1.58. The third kappa shape index (κ3) is 3.73. The first-order valence-corrected chi connectivity index (χ1v) is 9.73. The van der Waals surface area contributed by atoms with Crippen LogP contribution in [0.25, 0.3) is 21.3 Å². The van der Waals surface area contributed by atoms with Crippen LogP contribution in [0.2, 0.25) is 0 Å². The number of primary amides is 1. The van der Waals surface area contributed by atoms with Gasteiger partial charge in [0.2, 0.25) is 5.91 Å². The summed E-state index contributed by atoms with van der Waals surface area (Å²) in [6, 6.07) is 7.73. The Morgan fingerprint density at radius 3 is 2.81 bits per heavy atom. The molecule has 0 fully saturated rings. The molecule has 2 aromatic heterocycles. The Bertz CT molecular complexity index is 1050. The number of amides is 1. The number of ether oxygens (including phenoxy) is 1. The van der Waals surface area contributed by atoms with E-state index < -0.39 is 0 Å². The smallest absolute Gasteiger partial charge is 0.262 e. The van der Waals surface area contributed by atoms with Crippen LogP contribution in [-0.4, -0.2) is 22.6 Å². The average molecular weight is 385 g/mol. The molecule has 7 heteroatoms. The second kappa shape index (κ2) is 7.92. The minimum atomic E-state index is -0.365. The minimum absolute atomic E-state index is 0.0734. The van der Waals surface area contributed by atoms with Gasteiger partial charge in [-0.3, -0.25) is 14.2 Å². The van der Waals surface area contributed by atoms with E-state index in [-0.39, 0.29) is 17.9 Å². The summed E-state index contributed by atoms with van der Waals surface area (Å²) in [5, 5.41) is 0.634. The number of thiophene rings is 1. The Morgan fingerprint density at radius 1 is 1.37 bits per heavy atom. The maximum atomic E-state index is 13.3. The molecule has 0 atom stereocenters. The molecule has 0 radical (unpaired) electrons. The fourth-order valence-electron chi connectivity index (χ4n) is 3.24. The minimum Gasteiger partial charge on any atom is -0.497 e. The molecular weight excluding hydrogens is 362 g/mol. The Labute approximate surface area is 161 Å². The van der Waals surface area contributed by atoms with Crippen LogP contribution in [0.4, 0.5) is 0 Å². The summed E-state index contributed by atoms with van der Waals surface area (Å²) in [5.74, 6) is 1.03. The largest absolute Gasteiger partial charge is 0.497 e. The average Bonchev–Trinajstić information content (AvgIpc) is 3.02. The Kier molecular flexibility index (Phi) is 5.60. The van der Waals surface area contributed by atoms with Crippen molar-refractivity contribution in [1.82, 2.24) is 9.55 Å². The molecule has 0 bridgehead atoms. The van der Waals surface area contributed by atoms with Crippen LogP contribution in [0, 0.1) is 6.92 Å². The Balaban J connectivity index is 2.20. The van der Waals surface area contributed by atoms with Crippen LogP contribution in [0.1, 0.15) is 30.5 Å². The van der Waals surface area contributed by atoms with E-state index in [1.807, 2.05) is 31.2 Å². The molecule has 2 N–H and O–H groups in total. The van der Waals surface area contributed by atoms with Crippen LogP contribution >= 0.6 is 11.3 Å². The number of carbonyl (C=O) groups is 1. The van der Waals surface area contributed by atoms with Crippen LogP contribution < -0.4 is 16.0 Å². The molecule has 0 saturated carbocycles. The number of benzene rings is 1. The van der Waals surface area contributed by atoms with Crippen LogP contribution in [0.3, 0.4) is 0 Å². The van der Waals surface area contributed by atoms with E-state index in [0.29, 0.717) is 24.2 Å². The highest BCUT2D eigenvalue weighted by Crippen LogP contribution is 2.37. The summed E-state index contributed by atoms with van der Waals surface area (Å²) in [7, 11) is 1.63. The summed E-state index contributed by atoms with van der Waals surface area (Å²) in [4.78, 5) is 30.8. The van der Waals surface area contributed by atoms with Crippen molar-refractivity contribution in [2.24, 2.45) is 5.73 Å². The second-order valence-corrected chi connectivity index (χ2v) is 7.44. The van der Waals surface area contributed by atoms with Crippen molar-refractivity contribution < 1.29 is 9.53 Å². The van der Waals surface area contributed by atoms with Crippen LogP contribution in [0.5, 0.6) is 5.75 Å². The van der Waals surface area contributed by atoms with Crippen molar-refractivity contribution in [3.8, 4) is 16.9 Å². The predicted octanol–water partition coefficient (Wildman–Crippen LogP) is 3.27. The lowest BCUT2D eigenvalue weighted by Gasteiger charge is -2.10. The van der Waals surface area contributed by atoms with Crippen molar-refractivity contribution in [3.05, 3.63) is 45.3 Å². The Hall–Kier alpha value is -2.67. The molecule has 0 unspecified atom stereocenters. The number of carbonyl (C=O) groups excluding carboxylic acids is 1. The zero-order chi connectivity index (χ0) is 19.6. The molecule has 0 spiro atoms. The van der Waals surface area contributed by atoms with Gasteiger partial charge < -0.3 is 10.5 Å². The predicted molar refractivity (Wildman–Crippen MR) is 108 cm³/mol. The monoisotopic (exact) mass is 385 g/mol. The van der Waals surface area contributed by atoms with Gasteiger partial charge >= 0.3 is 0 Å². The number of aryl methyl sites for hydroxylation is 2.